The van der Waals surface area contributed by atoms with E-state index in [1.807, 2.05) is 0 Å². The van der Waals surface area contributed by atoms with E-state index in [1.165, 1.54) is 6.42 Å². The Kier molecular flexibility index (Phi) is 11.2. The van der Waals surface area contributed by atoms with E-state index in [9.17, 15) is 0 Å². The highest BCUT2D eigenvalue weighted by molar-refractivity contribution is 4.83. The minimum atomic E-state index is 0.661. The first-order chi connectivity index (χ1) is 9.88. The Bertz CT molecular complexity index is 213. The summed E-state index contributed by atoms with van der Waals surface area (Å²) in [6, 6.07) is 0.708. The predicted octanol–water partition coefficient (Wildman–Crippen LogP) is 1.13. The monoisotopic (exact) mass is 288 g/mol. The number of rotatable bonds is 14. The van der Waals surface area contributed by atoms with Crippen LogP contribution >= 0.6 is 0 Å². The van der Waals surface area contributed by atoms with Crippen LogP contribution in [0.1, 0.15) is 26.7 Å². The van der Waals surface area contributed by atoms with Crippen LogP contribution < -0.4 is 5.32 Å². The zero-order chi connectivity index (χ0) is 14.5. The third kappa shape index (κ3) is 8.17. The molecule has 1 N–H and O–H groups in total. The first kappa shape index (κ1) is 17.9. The smallest absolute Gasteiger partial charge is 0.0701 e. The van der Waals surface area contributed by atoms with Crippen LogP contribution in [0, 0.1) is 0 Å². The van der Waals surface area contributed by atoms with E-state index in [1.54, 1.807) is 0 Å². The number of nitrogens with one attached hydrogen (secondary N) is 1. The maximum Gasteiger partial charge on any atom is 0.0701 e. The van der Waals surface area contributed by atoms with E-state index in [0.717, 1.165) is 45.8 Å². The zero-order valence-electron chi connectivity index (χ0n) is 13.2. The molecule has 0 aromatic heterocycles. The lowest BCUT2D eigenvalue weighted by molar-refractivity contribution is 0.00666. The molecule has 0 spiro atoms. The molecule has 5 nitrogen and oxygen atoms in total. The van der Waals surface area contributed by atoms with Crippen LogP contribution in [-0.2, 0) is 14.2 Å². The van der Waals surface area contributed by atoms with Gasteiger partial charge in [0.25, 0.3) is 0 Å². The SMILES string of the molecule is CCCCOCCOCCOCCN(CC)C1CNC1. The van der Waals surface area contributed by atoms with Gasteiger partial charge in [0.05, 0.1) is 33.0 Å². The molecule has 0 radical (unpaired) electrons. The average molecular weight is 288 g/mol. The second kappa shape index (κ2) is 12.5. The molecule has 0 atom stereocenters. The van der Waals surface area contributed by atoms with E-state index in [2.05, 4.69) is 24.1 Å². The molecular weight excluding hydrogens is 256 g/mol. The normalized spacial score (nSPS) is 15.8. The van der Waals surface area contributed by atoms with Gasteiger partial charge in [0.1, 0.15) is 0 Å². The third-order valence-electron chi connectivity index (χ3n) is 3.59. The molecule has 0 aromatic rings. The molecule has 120 valence electrons. The lowest BCUT2D eigenvalue weighted by Crippen LogP contribution is -2.57. The van der Waals surface area contributed by atoms with Gasteiger partial charge in [-0.05, 0) is 13.0 Å². The first-order valence-electron chi connectivity index (χ1n) is 8.06. The van der Waals surface area contributed by atoms with Crippen molar-refractivity contribution in [1.29, 1.82) is 0 Å². The molecular formula is C15H32N2O3. The quantitative estimate of drug-likeness (QED) is 0.485. The van der Waals surface area contributed by atoms with Crippen molar-refractivity contribution in [2.24, 2.45) is 0 Å². The highest BCUT2D eigenvalue weighted by atomic mass is 16.5. The van der Waals surface area contributed by atoms with Gasteiger partial charge in [0, 0.05) is 32.3 Å². The largest absolute Gasteiger partial charge is 0.379 e. The summed E-state index contributed by atoms with van der Waals surface area (Å²) in [5.74, 6) is 0. The molecule has 0 aliphatic carbocycles. The Hall–Kier alpha value is -0.200. The Balaban J connectivity index is 1.77. The molecule has 1 aliphatic heterocycles. The predicted molar refractivity (Wildman–Crippen MR) is 81.3 cm³/mol. The van der Waals surface area contributed by atoms with Gasteiger partial charge in [-0.25, -0.2) is 0 Å². The molecule has 0 bridgehead atoms. The van der Waals surface area contributed by atoms with Crippen LogP contribution in [0.25, 0.3) is 0 Å². The number of ether oxygens (including phenoxy) is 3. The van der Waals surface area contributed by atoms with E-state index < -0.39 is 0 Å². The molecule has 5 heteroatoms. The Morgan fingerprint density at radius 1 is 0.900 bits per heavy atom. The van der Waals surface area contributed by atoms with Crippen molar-refractivity contribution in [3.8, 4) is 0 Å². The molecule has 1 rings (SSSR count). The van der Waals surface area contributed by atoms with Gasteiger partial charge in [0.2, 0.25) is 0 Å². The fourth-order valence-electron chi connectivity index (χ4n) is 2.10. The Morgan fingerprint density at radius 2 is 1.50 bits per heavy atom. The molecule has 1 fully saturated rings. The summed E-state index contributed by atoms with van der Waals surface area (Å²) in [7, 11) is 0. The van der Waals surface area contributed by atoms with Crippen LogP contribution in [0.3, 0.4) is 0 Å². The number of hydrogen-bond donors (Lipinski definition) is 1. The van der Waals surface area contributed by atoms with Gasteiger partial charge in [-0.15, -0.1) is 0 Å². The van der Waals surface area contributed by atoms with Gasteiger partial charge in [-0.3, -0.25) is 4.90 Å². The lowest BCUT2D eigenvalue weighted by Gasteiger charge is -2.37. The van der Waals surface area contributed by atoms with Crippen LogP contribution in [-0.4, -0.2) is 76.8 Å². The Labute approximate surface area is 123 Å². The van der Waals surface area contributed by atoms with Gasteiger partial charge >= 0.3 is 0 Å². The number of nitrogens with zero attached hydrogens (tertiary/aromatic N) is 1. The van der Waals surface area contributed by atoms with Crippen molar-refractivity contribution in [2.45, 2.75) is 32.7 Å². The van der Waals surface area contributed by atoms with Gasteiger partial charge in [-0.1, -0.05) is 20.3 Å². The number of likely N-dealkylation sites (N-methyl/N-ethyl adjacent to an activating group) is 1. The molecule has 0 aromatic carbocycles. The van der Waals surface area contributed by atoms with E-state index in [4.69, 9.17) is 14.2 Å². The fraction of sp³-hybridized carbons (Fsp3) is 1.00. The van der Waals surface area contributed by atoms with Gasteiger partial charge in [0.15, 0.2) is 0 Å². The molecule has 0 saturated carbocycles. The minimum Gasteiger partial charge on any atom is -0.379 e. The second-order valence-electron chi connectivity index (χ2n) is 5.13. The summed E-state index contributed by atoms with van der Waals surface area (Å²) in [5, 5.41) is 3.30. The molecule has 20 heavy (non-hydrogen) atoms. The molecule has 0 unspecified atom stereocenters. The summed E-state index contributed by atoms with van der Waals surface area (Å²) < 4.78 is 16.5. The van der Waals surface area contributed by atoms with Crippen LogP contribution in [0.4, 0.5) is 0 Å². The van der Waals surface area contributed by atoms with Crippen LogP contribution in [0.2, 0.25) is 0 Å². The summed E-state index contributed by atoms with van der Waals surface area (Å²) in [6.45, 7) is 13.1. The van der Waals surface area contributed by atoms with Crippen LogP contribution in [0.15, 0.2) is 0 Å². The topological polar surface area (TPSA) is 43.0 Å². The first-order valence-corrected chi connectivity index (χ1v) is 8.06. The molecule has 1 heterocycles. The van der Waals surface area contributed by atoms with Crippen molar-refractivity contribution in [3.05, 3.63) is 0 Å². The summed E-state index contributed by atoms with van der Waals surface area (Å²) in [4.78, 5) is 2.47. The maximum atomic E-state index is 5.60. The van der Waals surface area contributed by atoms with E-state index >= 15 is 0 Å². The van der Waals surface area contributed by atoms with Crippen molar-refractivity contribution in [2.75, 3.05) is 65.8 Å². The highest BCUT2D eigenvalue weighted by Gasteiger charge is 2.22. The summed E-state index contributed by atoms with van der Waals surface area (Å²) in [5.41, 5.74) is 0. The van der Waals surface area contributed by atoms with E-state index in [0.29, 0.717) is 32.5 Å². The van der Waals surface area contributed by atoms with Crippen molar-refractivity contribution >= 4 is 0 Å². The van der Waals surface area contributed by atoms with Crippen molar-refractivity contribution < 1.29 is 14.2 Å². The standard InChI is InChI=1S/C15H32N2O3/c1-3-5-7-18-9-11-20-12-10-19-8-6-17(4-2)15-13-16-14-15/h15-16H,3-14H2,1-2H3. The molecule has 1 aliphatic rings. The van der Waals surface area contributed by atoms with Gasteiger partial charge < -0.3 is 19.5 Å². The number of hydrogen-bond acceptors (Lipinski definition) is 5. The summed E-state index contributed by atoms with van der Waals surface area (Å²) in [6.07, 6.45) is 2.31. The zero-order valence-corrected chi connectivity index (χ0v) is 13.2. The van der Waals surface area contributed by atoms with Gasteiger partial charge in [-0.2, -0.15) is 0 Å². The average Bonchev–Trinajstić information content (AvgIpc) is 2.41. The molecule has 0 amide bonds. The second-order valence-corrected chi connectivity index (χ2v) is 5.13. The number of unbranched alkanes of at least 4 members (excludes halogenated alkanes) is 1. The minimum absolute atomic E-state index is 0.661. The van der Waals surface area contributed by atoms with Crippen molar-refractivity contribution in [1.82, 2.24) is 10.2 Å². The Morgan fingerprint density at radius 3 is 2.00 bits per heavy atom. The highest BCUT2D eigenvalue weighted by Crippen LogP contribution is 2.03. The van der Waals surface area contributed by atoms with Crippen LogP contribution in [0.5, 0.6) is 0 Å². The van der Waals surface area contributed by atoms with Crippen molar-refractivity contribution in [3.63, 3.8) is 0 Å². The lowest BCUT2D eigenvalue weighted by atomic mass is 10.1. The summed E-state index contributed by atoms with van der Waals surface area (Å²) >= 11 is 0. The fourth-order valence-corrected chi connectivity index (χ4v) is 2.10. The third-order valence-corrected chi connectivity index (χ3v) is 3.59. The molecule has 1 saturated heterocycles. The van der Waals surface area contributed by atoms with E-state index in [-0.39, 0.29) is 0 Å². The maximum absolute atomic E-state index is 5.60.